The number of amides is 1. The molecule has 1 atom stereocenters. The largest absolute Gasteiger partial charge is 0.435 e. The van der Waals surface area contributed by atoms with Gasteiger partial charge in [-0.2, -0.15) is 23.4 Å². The second-order valence-corrected chi connectivity index (χ2v) is 8.54. The molecule has 7 nitrogen and oxygen atoms in total. The lowest BCUT2D eigenvalue weighted by Gasteiger charge is -2.13. The number of aryl methyl sites for hydroxylation is 2. The highest BCUT2D eigenvalue weighted by Gasteiger charge is 2.40. The first-order valence-corrected chi connectivity index (χ1v) is 10.1. The van der Waals surface area contributed by atoms with Crippen LogP contribution in [0.15, 0.2) is 30.6 Å². The molecule has 1 unspecified atom stereocenters. The summed E-state index contributed by atoms with van der Waals surface area (Å²) in [4.78, 5) is 17.1. The highest BCUT2D eigenvalue weighted by molar-refractivity contribution is 5.93. The molecule has 3 aromatic heterocycles. The summed E-state index contributed by atoms with van der Waals surface area (Å²) in [5, 5.41) is 10.9. The van der Waals surface area contributed by atoms with Gasteiger partial charge >= 0.3 is 6.18 Å². The van der Waals surface area contributed by atoms with Crippen molar-refractivity contribution in [1.29, 1.82) is 0 Å². The molecule has 5 rings (SSSR count). The summed E-state index contributed by atoms with van der Waals surface area (Å²) < 4.78 is 41.4. The van der Waals surface area contributed by atoms with E-state index in [4.69, 9.17) is 0 Å². The van der Waals surface area contributed by atoms with Crippen LogP contribution in [0.4, 0.5) is 13.2 Å². The average molecular weight is 430 g/mol. The molecule has 1 fully saturated rings. The van der Waals surface area contributed by atoms with Gasteiger partial charge in [0.2, 0.25) is 0 Å². The second kappa shape index (κ2) is 6.66. The van der Waals surface area contributed by atoms with Gasteiger partial charge in [0.25, 0.3) is 5.91 Å². The number of nitrogens with zero attached hydrogens (tertiary/aromatic N) is 5. The van der Waals surface area contributed by atoms with Crippen molar-refractivity contribution in [3.63, 3.8) is 0 Å². The van der Waals surface area contributed by atoms with Crippen LogP contribution in [0.3, 0.4) is 0 Å². The lowest BCUT2D eigenvalue weighted by Crippen LogP contribution is -2.28. The van der Waals surface area contributed by atoms with E-state index in [-0.39, 0.29) is 17.2 Å². The fraction of sp³-hybridized carbons (Fsp3) is 0.429. The predicted octanol–water partition coefficient (Wildman–Crippen LogP) is 3.49. The maximum absolute atomic E-state index is 12.9. The Bertz CT molecular complexity index is 1170. The molecular formula is C21H21F3N6O. The Balaban J connectivity index is 1.37. The molecule has 2 aliphatic carbocycles. The molecule has 0 bridgehead atoms. The van der Waals surface area contributed by atoms with Gasteiger partial charge in [-0.05, 0) is 37.8 Å². The number of aromatic nitrogens is 5. The van der Waals surface area contributed by atoms with E-state index in [1.807, 2.05) is 18.3 Å². The summed E-state index contributed by atoms with van der Waals surface area (Å²) in [5.41, 5.74) is 2.62. The number of hydrogen-bond acceptors (Lipinski definition) is 4. The van der Waals surface area contributed by atoms with Gasteiger partial charge in [0.05, 0.1) is 17.4 Å². The molecule has 1 saturated carbocycles. The minimum Gasteiger partial charge on any atom is -0.344 e. The third-order valence-electron chi connectivity index (χ3n) is 6.20. The molecule has 0 spiro atoms. The van der Waals surface area contributed by atoms with E-state index in [0.717, 1.165) is 46.2 Å². The molecule has 2 aliphatic rings. The van der Waals surface area contributed by atoms with Gasteiger partial charge in [0.1, 0.15) is 5.69 Å². The number of carbonyl (C=O) groups excluding carboxylic acids is 1. The topological polar surface area (TPSA) is 77.6 Å². The summed E-state index contributed by atoms with van der Waals surface area (Å²) in [7, 11) is 1.32. The summed E-state index contributed by atoms with van der Waals surface area (Å²) >= 11 is 0. The molecule has 0 radical (unpaired) electrons. The number of fused-ring (bicyclic) bond motifs is 1. The summed E-state index contributed by atoms with van der Waals surface area (Å²) in [5.74, 6) is -0.594. The Hall–Kier alpha value is -3.17. The van der Waals surface area contributed by atoms with E-state index in [1.54, 1.807) is 10.9 Å². The van der Waals surface area contributed by atoms with Crippen LogP contribution in [-0.4, -0.2) is 30.5 Å². The van der Waals surface area contributed by atoms with Crippen molar-refractivity contribution >= 4 is 5.91 Å². The van der Waals surface area contributed by atoms with Gasteiger partial charge in [0, 0.05) is 42.2 Å². The van der Waals surface area contributed by atoms with Crippen molar-refractivity contribution in [2.75, 3.05) is 0 Å². The monoisotopic (exact) mass is 430 g/mol. The van der Waals surface area contributed by atoms with E-state index in [9.17, 15) is 18.0 Å². The van der Waals surface area contributed by atoms with Crippen LogP contribution in [0.25, 0.3) is 5.69 Å². The number of halogens is 3. The lowest BCUT2D eigenvalue weighted by atomic mass is 10.0. The first-order chi connectivity index (χ1) is 14.6. The van der Waals surface area contributed by atoms with E-state index in [2.05, 4.69) is 27.4 Å². The van der Waals surface area contributed by atoms with Crippen molar-refractivity contribution in [2.45, 2.75) is 50.2 Å². The van der Waals surface area contributed by atoms with Gasteiger partial charge in [-0.25, -0.2) is 4.68 Å². The average Bonchev–Trinajstić information content (AvgIpc) is 3.06. The summed E-state index contributed by atoms with van der Waals surface area (Å²) in [6, 6.07) is 4.38. The Morgan fingerprint density at radius 2 is 2.03 bits per heavy atom. The van der Waals surface area contributed by atoms with E-state index < -0.39 is 17.8 Å². The van der Waals surface area contributed by atoms with Gasteiger partial charge in [0.15, 0.2) is 5.69 Å². The SMILES string of the molecule is Cn1nc(C(F)(F)F)cc1C(=O)NC1CCc2nn(-c3ccnc(C4(C)CC4)c3)cc21. The van der Waals surface area contributed by atoms with Crippen molar-refractivity contribution in [3.05, 3.63) is 58.9 Å². The van der Waals surface area contributed by atoms with Crippen molar-refractivity contribution in [1.82, 2.24) is 29.9 Å². The van der Waals surface area contributed by atoms with Crippen molar-refractivity contribution in [2.24, 2.45) is 7.05 Å². The minimum atomic E-state index is -4.60. The van der Waals surface area contributed by atoms with Crippen LogP contribution in [0.2, 0.25) is 0 Å². The molecule has 162 valence electrons. The number of rotatable bonds is 4. The Labute approximate surface area is 176 Å². The zero-order valence-electron chi connectivity index (χ0n) is 17.1. The Morgan fingerprint density at radius 1 is 1.26 bits per heavy atom. The number of nitrogens with one attached hydrogen (secondary N) is 1. The molecular weight excluding hydrogens is 409 g/mol. The van der Waals surface area contributed by atoms with Crippen molar-refractivity contribution < 1.29 is 18.0 Å². The Kier molecular flexibility index (Phi) is 4.25. The van der Waals surface area contributed by atoms with E-state index >= 15 is 0 Å². The highest BCUT2D eigenvalue weighted by Crippen LogP contribution is 2.46. The Morgan fingerprint density at radius 3 is 2.71 bits per heavy atom. The van der Waals surface area contributed by atoms with Gasteiger partial charge < -0.3 is 5.32 Å². The summed E-state index contributed by atoms with van der Waals surface area (Å²) in [6.07, 6.45) is 2.64. The quantitative estimate of drug-likeness (QED) is 0.688. The predicted molar refractivity (Wildman–Crippen MR) is 105 cm³/mol. The maximum Gasteiger partial charge on any atom is 0.435 e. The molecule has 3 aromatic rings. The molecule has 10 heteroatoms. The second-order valence-electron chi connectivity index (χ2n) is 8.54. The molecule has 1 amide bonds. The molecule has 31 heavy (non-hydrogen) atoms. The third kappa shape index (κ3) is 3.49. The lowest BCUT2D eigenvalue weighted by molar-refractivity contribution is -0.141. The number of carbonyl (C=O) groups is 1. The maximum atomic E-state index is 12.9. The van der Waals surface area contributed by atoms with Crippen molar-refractivity contribution in [3.8, 4) is 5.69 Å². The smallest absolute Gasteiger partial charge is 0.344 e. The first kappa shape index (κ1) is 19.8. The van der Waals surface area contributed by atoms with Gasteiger partial charge in [-0.15, -0.1) is 0 Å². The molecule has 0 aliphatic heterocycles. The summed E-state index contributed by atoms with van der Waals surface area (Å²) in [6.45, 7) is 2.19. The van der Waals surface area contributed by atoms with Crippen LogP contribution in [0.1, 0.15) is 65.4 Å². The van der Waals surface area contributed by atoms with Crippen LogP contribution in [0, 0.1) is 0 Å². The number of hydrogen-bond donors (Lipinski definition) is 1. The number of alkyl halides is 3. The van der Waals surface area contributed by atoms with E-state index in [1.165, 1.54) is 7.05 Å². The van der Waals surface area contributed by atoms with Crippen LogP contribution < -0.4 is 5.32 Å². The van der Waals surface area contributed by atoms with Crippen LogP contribution in [0.5, 0.6) is 0 Å². The number of pyridine rings is 1. The molecule has 0 saturated heterocycles. The van der Waals surface area contributed by atoms with E-state index in [0.29, 0.717) is 12.8 Å². The first-order valence-electron chi connectivity index (χ1n) is 10.1. The molecule has 1 N–H and O–H groups in total. The van der Waals surface area contributed by atoms with Crippen LogP contribution >= 0.6 is 0 Å². The molecule has 0 aromatic carbocycles. The standard InChI is InChI=1S/C21H21F3N6O/c1-20(6-7-20)17-9-12(5-8-25-17)30-11-13-14(3-4-15(13)27-30)26-19(31)16-10-18(21(22,23)24)28-29(16)2/h5,8-11,14H,3-4,6-7H2,1-2H3,(H,26,31). The fourth-order valence-electron chi connectivity index (χ4n) is 4.01. The van der Waals surface area contributed by atoms with Gasteiger partial charge in [-0.3, -0.25) is 14.5 Å². The molecule has 3 heterocycles. The zero-order valence-corrected chi connectivity index (χ0v) is 17.1. The third-order valence-corrected chi connectivity index (χ3v) is 6.20. The van der Waals surface area contributed by atoms with Crippen LogP contribution in [-0.2, 0) is 25.1 Å². The zero-order chi connectivity index (χ0) is 22.0. The van der Waals surface area contributed by atoms with Gasteiger partial charge in [-0.1, -0.05) is 6.92 Å². The fourth-order valence-corrected chi connectivity index (χ4v) is 4.01. The highest BCUT2D eigenvalue weighted by atomic mass is 19.4. The normalized spacial score (nSPS) is 19.3. The minimum absolute atomic E-state index is 0.135.